The van der Waals surface area contributed by atoms with Crippen LogP contribution >= 0.6 is 0 Å². The molecule has 0 radical (unpaired) electrons. The lowest BCUT2D eigenvalue weighted by Crippen LogP contribution is -2.31. The van der Waals surface area contributed by atoms with Gasteiger partial charge in [0.1, 0.15) is 5.75 Å². The van der Waals surface area contributed by atoms with Gasteiger partial charge in [0.25, 0.3) is 5.91 Å². The van der Waals surface area contributed by atoms with Gasteiger partial charge in [0.05, 0.1) is 0 Å². The second-order valence-electron chi connectivity index (χ2n) is 6.15. The van der Waals surface area contributed by atoms with E-state index in [4.69, 9.17) is 0 Å². The summed E-state index contributed by atoms with van der Waals surface area (Å²) < 4.78 is 0. The van der Waals surface area contributed by atoms with Crippen molar-refractivity contribution in [1.29, 1.82) is 0 Å². The summed E-state index contributed by atoms with van der Waals surface area (Å²) in [6.07, 6.45) is 1.08. The first-order valence-corrected chi connectivity index (χ1v) is 6.46. The fourth-order valence-electron chi connectivity index (χ4n) is 2.44. The molecule has 1 aliphatic rings. The van der Waals surface area contributed by atoms with Crippen LogP contribution in [0.4, 0.5) is 0 Å². The summed E-state index contributed by atoms with van der Waals surface area (Å²) in [5.41, 5.74) is 0.909. The summed E-state index contributed by atoms with van der Waals surface area (Å²) in [6.45, 7) is 8.36. The van der Waals surface area contributed by atoms with Gasteiger partial charge in [-0.2, -0.15) is 0 Å². The van der Waals surface area contributed by atoms with Gasteiger partial charge >= 0.3 is 0 Å². The zero-order valence-corrected chi connectivity index (χ0v) is 11.3. The number of phenols is 1. The summed E-state index contributed by atoms with van der Waals surface area (Å²) >= 11 is 0. The summed E-state index contributed by atoms with van der Waals surface area (Å²) in [7, 11) is 0. The van der Waals surface area contributed by atoms with Crippen LogP contribution in [-0.4, -0.2) is 29.0 Å². The van der Waals surface area contributed by atoms with E-state index in [2.05, 4.69) is 20.8 Å². The predicted molar refractivity (Wildman–Crippen MR) is 71.6 cm³/mol. The first kappa shape index (κ1) is 12.9. The topological polar surface area (TPSA) is 40.5 Å². The quantitative estimate of drug-likeness (QED) is 0.829. The Hall–Kier alpha value is -1.51. The van der Waals surface area contributed by atoms with Crippen LogP contribution in [0.1, 0.15) is 37.6 Å². The van der Waals surface area contributed by atoms with E-state index in [1.165, 1.54) is 0 Å². The largest absolute Gasteiger partial charge is 0.508 e. The number of aromatic hydroxyl groups is 1. The predicted octanol–water partition coefficient (Wildman–Crippen LogP) is 2.90. The van der Waals surface area contributed by atoms with E-state index >= 15 is 0 Å². The van der Waals surface area contributed by atoms with Gasteiger partial charge in [-0.3, -0.25) is 4.79 Å². The lowest BCUT2D eigenvalue weighted by Gasteiger charge is -2.27. The van der Waals surface area contributed by atoms with E-state index < -0.39 is 0 Å². The third-order valence-corrected chi connectivity index (χ3v) is 3.81. The maximum absolute atomic E-state index is 12.3. The molecule has 1 aromatic carbocycles. The number of carbonyl (C=O) groups excluding carboxylic acids is 1. The summed E-state index contributed by atoms with van der Waals surface area (Å²) in [6, 6.07) is 6.49. The third-order valence-electron chi connectivity index (χ3n) is 3.81. The Balaban J connectivity index is 2.06. The number of hydrogen-bond donors (Lipinski definition) is 1. The molecule has 1 saturated heterocycles. The van der Waals surface area contributed by atoms with Crippen LogP contribution in [0.25, 0.3) is 0 Å². The lowest BCUT2D eigenvalue weighted by atomic mass is 9.80. The molecule has 3 nitrogen and oxygen atoms in total. The molecule has 1 fully saturated rings. The van der Waals surface area contributed by atoms with Crippen molar-refractivity contribution in [3.8, 4) is 5.75 Å². The van der Waals surface area contributed by atoms with Crippen LogP contribution in [-0.2, 0) is 0 Å². The van der Waals surface area contributed by atoms with Crippen LogP contribution in [0, 0.1) is 11.3 Å². The van der Waals surface area contributed by atoms with Crippen LogP contribution in [0.3, 0.4) is 0 Å². The molecule has 0 spiro atoms. The fraction of sp³-hybridized carbons (Fsp3) is 0.533. The molecule has 2 rings (SSSR count). The molecule has 1 heterocycles. The molecule has 18 heavy (non-hydrogen) atoms. The summed E-state index contributed by atoms with van der Waals surface area (Å²) in [5.74, 6) is 0.834. The second-order valence-corrected chi connectivity index (χ2v) is 6.15. The number of benzene rings is 1. The van der Waals surface area contributed by atoms with Crippen LogP contribution in [0.15, 0.2) is 24.3 Å². The number of amides is 1. The minimum absolute atomic E-state index is 0.0711. The highest BCUT2D eigenvalue weighted by Gasteiger charge is 2.33. The highest BCUT2D eigenvalue weighted by atomic mass is 16.3. The Morgan fingerprint density at radius 3 is 2.39 bits per heavy atom. The molecule has 1 unspecified atom stereocenters. The molecule has 0 aromatic heterocycles. The van der Waals surface area contributed by atoms with Crippen molar-refractivity contribution in [2.75, 3.05) is 13.1 Å². The van der Waals surface area contributed by atoms with E-state index in [-0.39, 0.29) is 17.1 Å². The average Bonchev–Trinajstić information content (AvgIpc) is 2.78. The zero-order chi connectivity index (χ0) is 13.3. The molecular formula is C15H21NO2. The lowest BCUT2D eigenvalue weighted by molar-refractivity contribution is 0.0776. The number of carbonyl (C=O) groups is 1. The van der Waals surface area contributed by atoms with E-state index in [1.54, 1.807) is 24.3 Å². The number of hydrogen-bond acceptors (Lipinski definition) is 2. The van der Waals surface area contributed by atoms with Crippen molar-refractivity contribution in [3.05, 3.63) is 29.8 Å². The van der Waals surface area contributed by atoms with E-state index in [1.807, 2.05) is 4.90 Å². The van der Waals surface area contributed by atoms with Gasteiger partial charge in [0.15, 0.2) is 0 Å². The molecule has 1 atom stereocenters. The Labute approximate surface area is 108 Å². The molecule has 0 aliphatic carbocycles. The fourth-order valence-corrected chi connectivity index (χ4v) is 2.44. The van der Waals surface area contributed by atoms with E-state index in [0.717, 1.165) is 19.5 Å². The SMILES string of the molecule is CC(C)(C)C1CCN(C(=O)c2ccc(O)cc2)C1. The van der Waals surface area contributed by atoms with Gasteiger partial charge in [-0.1, -0.05) is 20.8 Å². The van der Waals surface area contributed by atoms with Crippen molar-refractivity contribution in [3.63, 3.8) is 0 Å². The number of likely N-dealkylation sites (tertiary alicyclic amines) is 1. The smallest absolute Gasteiger partial charge is 0.253 e. The Morgan fingerprint density at radius 1 is 1.28 bits per heavy atom. The molecule has 1 aliphatic heterocycles. The van der Waals surface area contributed by atoms with Gasteiger partial charge in [-0.05, 0) is 42.0 Å². The molecule has 0 saturated carbocycles. The van der Waals surface area contributed by atoms with Gasteiger partial charge in [-0.25, -0.2) is 0 Å². The van der Waals surface area contributed by atoms with Gasteiger partial charge < -0.3 is 10.0 Å². The van der Waals surface area contributed by atoms with E-state index in [9.17, 15) is 9.90 Å². The maximum Gasteiger partial charge on any atom is 0.253 e. The monoisotopic (exact) mass is 247 g/mol. The number of nitrogens with zero attached hydrogens (tertiary/aromatic N) is 1. The van der Waals surface area contributed by atoms with Crippen molar-refractivity contribution >= 4 is 5.91 Å². The zero-order valence-electron chi connectivity index (χ0n) is 11.3. The molecule has 0 bridgehead atoms. The summed E-state index contributed by atoms with van der Waals surface area (Å²) in [5, 5.41) is 9.23. The van der Waals surface area contributed by atoms with Crippen molar-refractivity contribution in [2.24, 2.45) is 11.3 Å². The highest BCUT2D eigenvalue weighted by Crippen LogP contribution is 2.34. The van der Waals surface area contributed by atoms with Crippen molar-refractivity contribution in [2.45, 2.75) is 27.2 Å². The molecule has 1 amide bonds. The number of rotatable bonds is 1. The maximum atomic E-state index is 12.3. The van der Waals surface area contributed by atoms with Crippen molar-refractivity contribution < 1.29 is 9.90 Å². The van der Waals surface area contributed by atoms with Gasteiger partial charge in [-0.15, -0.1) is 0 Å². The minimum Gasteiger partial charge on any atom is -0.508 e. The molecule has 98 valence electrons. The van der Waals surface area contributed by atoms with Gasteiger partial charge in [0.2, 0.25) is 0 Å². The molecule has 1 aromatic rings. The second kappa shape index (κ2) is 4.63. The first-order chi connectivity index (χ1) is 8.38. The minimum atomic E-state index is 0.0711. The van der Waals surface area contributed by atoms with Crippen LogP contribution < -0.4 is 0 Å². The first-order valence-electron chi connectivity index (χ1n) is 6.46. The Bertz CT molecular complexity index is 431. The highest BCUT2D eigenvalue weighted by molar-refractivity contribution is 5.94. The molecular weight excluding hydrogens is 226 g/mol. The van der Waals surface area contributed by atoms with Gasteiger partial charge in [0, 0.05) is 18.7 Å². The molecule has 3 heteroatoms. The number of phenolic OH excluding ortho intramolecular Hbond substituents is 1. The van der Waals surface area contributed by atoms with Crippen LogP contribution in [0.5, 0.6) is 5.75 Å². The van der Waals surface area contributed by atoms with Crippen LogP contribution in [0.2, 0.25) is 0 Å². The van der Waals surface area contributed by atoms with E-state index in [0.29, 0.717) is 11.5 Å². The average molecular weight is 247 g/mol. The third kappa shape index (κ3) is 2.66. The van der Waals surface area contributed by atoms with Crippen molar-refractivity contribution in [1.82, 2.24) is 4.90 Å². The standard InChI is InChI=1S/C15H21NO2/c1-15(2,3)12-8-9-16(10-12)14(18)11-4-6-13(17)7-5-11/h4-7,12,17H,8-10H2,1-3H3. The normalized spacial score (nSPS) is 20.2. The summed E-state index contributed by atoms with van der Waals surface area (Å²) in [4.78, 5) is 14.2. The Kier molecular flexibility index (Phi) is 3.33. The Morgan fingerprint density at radius 2 is 1.89 bits per heavy atom. The molecule has 1 N–H and O–H groups in total.